The van der Waals surface area contributed by atoms with Crippen molar-refractivity contribution >= 4 is 18.3 Å². The highest BCUT2D eigenvalue weighted by molar-refractivity contribution is 5.85. The molecule has 0 aromatic carbocycles. The SMILES string of the molecule is CNCC1CCN(C(=O)CC2CCCC2)C1.Cl. The minimum atomic E-state index is 0. The van der Waals surface area contributed by atoms with Gasteiger partial charge in [0.05, 0.1) is 0 Å². The van der Waals surface area contributed by atoms with Crippen molar-refractivity contribution in [3.8, 4) is 0 Å². The van der Waals surface area contributed by atoms with Gasteiger partial charge in [-0.15, -0.1) is 12.4 Å². The molecule has 1 aliphatic carbocycles. The van der Waals surface area contributed by atoms with Crippen LogP contribution in [-0.4, -0.2) is 37.5 Å². The second kappa shape index (κ2) is 7.22. The lowest BCUT2D eigenvalue weighted by atomic mass is 10.0. The first-order valence-electron chi connectivity index (χ1n) is 6.72. The summed E-state index contributed by atoms with van der Waals surface area (Å²) in [5.41, 5.74) is 0. The zero-order valence-electron chi connectivity index (χ0n) is 10.8. The number of likely N-dealkylation sites (tertiary alicyclic amines) is 1. The maximum atomic E-state index is 12.1. The van der Waals surface area contributed by atoms with Crippen LogP contribution in [0.2, 0.25) is 0 Å². The Labute approximate surface area is 111 Å². The van der Waals surface area contributed by atoms with Gasteiger partial charge in [-0.25, -0.2) is 0 Å². The van der Waals surface area contributed by atoms with Crippen LogP contribution in [0.5, 0.6) is 0 Å². The topological polar surface area (TPSA) is 32.3 Å². The van der Waals surface area contributed by atoms with E-state index in [-0.39, 0.29) is 12.4 Å². The van der Waals surface area contributed by atoms with Gasteiger partial charge in [0.25, 0.3) is 0 Å². The minimum absolute atomic E-state index is 0. The molecule has 2 rings (SSSR count). The molecule has 0 bridgehead atoms. The molecular formula is C13H25ClN2O. The number of hydrogen-bond acceptors (Lipinski definition) is 2. The van der Waals surface area contributed by atoms with Gasteiger partial charge in [-0.2, -0.15) is 0 Å². The molecule has 0 spiro atoms. The Morgan fingerprint density at radius 2 is 1.94 bits per heavy atom. The predicted molar refractivity (Wildman–Crippen MR) is 72.4 cm³/mol. The van der Waals surface area contributed by atoms with Crippen molar-refractivity contribution in [2.75, 3.05) is 26.7 Å². The number of hydrogen-bond donors (Lipinski definition) is 1. The fourth-order valence-electron chi connectivity index (χ4n) is 3.11. The molecule has 4 heteroatoms. The van der Waals surface area contributed by atoms with E-state index in [2.05, 4.69) is 10.2 Å². The molecule has 0 aromatic heterocycles. The molecule has 1 aliphatic heterocycles. The van der Waals surface area contributed by atoms with E-state index in [1.807, 2.05) is 7.05 Å². The molecule has 2 aliphatic rings. The van der Waals surface area contributed by atoms with Gasteiger partial charge in [0, 0.05) is 19.5 Å². The van der Waals surface area contributed by atoms with E-state index in [0.29, 0.717) is 17.7 Å². The molecule has 0 aromatic rings. The molecule has 17 heavy (non-hydrogen) atoms. The summed E-state index contributed by atoms with van der Waals surface area (Å²) in [4.78, 5) is 14.1. The normalized spacial score (nSPS) is 25.0. The van der Waals surface area contributed by atoms with Gasteiger partial charge in [0.1, 0.15) is 0 Å². The zero-order chi connectivity index (χ0) is 11.4. The van der Waals surface area contributed by atoms with Crippen LogP contribution < -0.4 is 5.32 Å². The van der Waals surface area contributed by atoms with Crippen molar-refractivity contribution in [2.45, 2.75) is 38.5 Å². The van der Waals surface area contributed by atoms with Crippen LogP contribution in [0.25, 0.3) is 0 Å². The van der Waals surface area contributed by atoms with Crippen LogP contribution in [0.15, 0.2) is 0 Å². The summed E-state index contributed by atoms with van der Waals surface area (Å²) in [6.07, 6.45) is 7.21. The Balaban J connectivity index is 0.00000144. The number of rotatable bonds is 4. The fraction of sp³-hybridized carbons (Fsp3) is 0.923. The highest BCUT2D eigenvalue weighted by Crippen LogP contribution is 2.29. The van der Waals surface area contributed by atoms with Gasteiger partial charge in [0.2, 0.25) is 5.91 Å². The summed E-state index contributed by atoms with van der Waals surface area (Å²) in [5, 5.41) is 3.20. The van der Waals surface area contributed by atoms with Crippen molar-refractivity contribution in [1.82, 2.24) is 10.2 Å². The first-order valence-corrected chi connectivity index (χ1v) is 6.72. The number of nitrogens with one attached hydrogen (secondary N) is 1. The van der Waals surface area contributed by atoms with E-state index in [1.165, 1.54) is 32.1 Å². The first kappa shape index (κ1) is 14.8. The number of nitrogens with zero attached hydrogens (tertiary/aromatic N) is 1. The van der Waals surface area contributed by atoms with E-state index in [0.717, 1.165) is 26.1 Å². The van der Waals surface area contributed by atoms with Crippen molar-refractivity contribution in [2.24, 2.45) is 11.8 Å². The largest absolute Gasteiger partial charge is 0.342 e. The van der Waals surface area contributed by atoms with Crippen LogP contribution in [-0.2, 0) is 4.79 Å². The van der Waals surface area contributed by atoms with E-state index < -0.39 is 0 Å². The lowest BCUT2D eigenvalue weighted by Crippen LogP contribution is -2.31. The van der Waals surface area contributed by atoms with E-state index in [9.17, 15) is 4.79 Å². The van der Waals surface area contributed by atoms with Gasteiger partial charge < -0.3 is 10.2 Å². The molecule has 1 heterocycles. The Hall–Kier alpha value is -0.280. The monoisotopic (exact) mass is 260 g/mol. The Bertz CT molecular complexity index is 242. The molecule has 1 amide bonds. The fourth-order valence-corrected chi connectivity index (χ4v) is 3.11. The van der Waals surface area contributed by atoms with E-state index in [1.54, 1.807) is 0 Å². The maximum absolute atomic E-state index is 12.1. The lowest BCUT2D eigenvalue weighted by Gasteiger charge is -2.18. The van der Waals surface area contributed by atoms with Gasteiger partial charge in [-0.1, -0.05) is 12.8 Å². The summed E-state index contributed by atoms with van der Waals surface area (Å²) in [6, 6.07) is 0. The van der Waals surface area contributed by atoms with Crippen molar-refractivity contribution < 1.29 is 4.79 Å². The number of halogens is 1. The van der Waals surface area contributed by atoms with E-state index >= 15 is 0 Å². The molecule has 1 N–H and O–H groups in total. The average molecular weight is 261 g/mol. The molecule has 1 saturated carbocycles. The number of carbonyl (C=O) groups excluding carboxylic acids is 1. The van der Waals surface area contributed by atoms with Crippen molar-refractivity contribution in [3.05, 3.63) is 0 Å². The maximum Gasteiger partial charge on any atom is 0.222 e. The summed E-state index contributed by atoms with van der Waals surface area (Å²) in [5.74, 6) is 1.78. The van der Waals surface area contributed by atoms with Gasteiger partial charge in [0.15, 0.2) is 0 Å². The van der Waals surface area contributed by atoms with Gasteiger partial charge in [-0.05, 0) is 44.7 Å². The Morgan fingerprint density at radius 1 is 1.24 bits per heavy atom. The summed E-state index contributed by atoms with van der Waals surface area (Å²) >= 11 is 0. The highest BCUT2D eigenvalue weighted by atomic mass is 35.5. The minimum Gasteiger partial charge on any atom is -0.342 e. The van der Waals surface area contributed by atoms with Crippen LogP contribution in [0.3, 0.4) is 0 Å². The molecule has 3 nitrogen and oxygen atoms in total. The molecule has 1 unspecified atom stereocenters. The molecule has 100 valence electrons. The molecular weight excluding hydrogens is 236 g/mol. The number of carbonyl (C=O) groups is 1. The zero-order valence-corrected chi connectivity index (χ0v) is 11.6. The quantitative estimate of drug-likeness (QED) is 0.839. The molecule has 1 atom stereocenters. The molecule has 0 radical (unpaired) electrons. The third-order valence-corrected chi connectivity index (χ3v) is 4.07. The summed E-state index contributed by atoms with van der Waals surface area (Å²) < 4.78 is 0. The standard InChI is InChI=1S/C13H24N2O.ClH/c1-14-9-12-6-7-15(10-12)13(16)8-11-4-2-3-5-11;/h11-12,14H,2-10H2,1H3;1H. The van der Waals surface area contributed by atoms with Crippen molar-refractivity contribution in [3.63, 3.8) is 0 Å². The summed E-state index contributed by atoms with van der Waals surface area (Å²) in [6.45, 7) is 3.01. The molecule has 2 fully saturated rings. The van der Waals surface area contributed by atoms with Gasteiger partial charge in [-0.3, -0.25) is 4.79 Å². The van der Waals surface area contributed by atoms with Crippen molar-refractivity contribution in [1.29, 1.82) is 0 Å². The molecule has 1 saturated heterocycles. The van der Waals surface area contributed by atoms with Crippen LogP contribution in [0, 0.1) is 11.8 Å². The second-order valence-electron chi connectivity index (χ2n) is 5.41. The summed E-state index contributed by atoms with van der Waals surface area (Å²) in [7, 11) is 1.99. The third-order valence-electron chi connectivity index (χ3n) is 4.07. The predicted octanol–water partition coefficient (Wildman–Crippen LogP) is 2.06. The van der Waals surface area contributed by atoms with Crippen LogP contribution >= 0.6 is 12.4 Å². The second-order valence-corrected chi connectivity index (χ2v) is 5.41. The average Bonchev–Trinajstić information content (AvgIpc) is 2.89. The Morgan fingerprint density at radius 3 is 2.59 bits per heavy atom. The van der Waals surface area contributed by atoms with Crippen LogP contribution in [0.1, 0.15) is 38.5 Å². The Kier molecular flexibility index (Phi) is 6.28. The highest BCUT2D eigenvalue weighted by Gasteiger charge is 2.27. The first-order chi connectivity index (χ1) is 7.79. The number of amides is 1. The lowest BCUT2D eigenvalue weighted by molar-refractivity contribution is -0.131. The third kappa shape index (κ3) is 4.14. The van der Waals surface area contributed by atoms with E-state index in [4.69, 9.17) is 0 Å². The van der Waals surface area contributed by atoms with Gasteiger partial charge >= 0.3 is 0 Å². The van der Waals surface area contributed by atoms with Crippen LogP contribution in [0.4, 0.5) is 0 Å². The smallest absolute Gasteiger partial charge is 0.222 e.